The second kappa shape index (κ2) is 16.2. The zero-order chi connectivity index (χ0) is 17.3. The maximum absolute atomic E-state index is 10.9. The molecule has 0 saturated carbocycles. The molecule has 1 amide bonds. The number of piperazine rings is 1. The van der Waals surface area contributed by atoms with E-state index in [9.17, 15) is 4.79 Å². The third-order valence-corrected chi connectivity index (χ3v) is 3.73. The van der Waals surface area contributed by atoms with Crippen molar-refractivity contribution in [2.45, 2.75) is 33.1 Å². The van der Waals surface area contributed by atoms with Gasteiger partial charge >= 0.3 is 0 Å². The van der Waals surface area contributed by atoms with Crippen molar-refractivity contribution in [2.24, 2.45) is 0 Å². The molecule has 0 radical (unpaired) electrons. The van der Waals surface area contributed by atoms with Gasteiger partial charge in [-0.3, -0.25) is 9.69 Å². The number of rotatable bonds is 11. The van der Waals surface area contributed by atoms with Gasteiger partial charge in [0, 0.05) is 59.4 Å². The quantitative estimate of drug-likeness (QED) is 0.577. The molecule has 0 unspecified atom stereocenters. The van der Waals surface area contributed by atoms with Crippen molar-refractivity contribution in [2.75, 3.05) is 73.2 Å². The van der Waals surface area contributed by atoms with E-state index < -0.39 is 0 Å². The van der Waals surface area contributed by atoms with Gasteiger partial charge in [-0.1, -0.05) is 13.8 Å². The van der Waals surface area contributed by atoms with Crippen LogP contribution >= 0.6 is 0 Å². The molecule has 1 aliphatic heterocycles. The molecule has 1 heterocycles. The Morgan fingerprint density at radius 3 is 2.09 bits per heavy atom. The van der Waals surface area contributed by atoms with E-state index in [-0.39, 0.29) is 5.91 Å². The summed E-state index contributed by atoms with van der Waals surface area (Å²) in [6.45, 7) is 12.5. The minimum atomic E-state index is 0.0299. The summed E-state index contributed by atoms with van der Waals surface area (Å²) in [6.07, 6.45) is 2.45. The van der Waals surface area contributed by atoms with Crippen molar-refractivity contribution in [3.8, 4) is 0 Å². The van der Waals surface area contributed by atoms with Gasteiger partial charge in [0.25, 0.3) is 0 Å². The highest BCUT2D eigenvalue weighted by Crippen LogP contribution is 1.99. The number of hydrogen-bond acceptors (Lipinski definition) is 5. The van der Waals surface area contributed by atoms with Crippen LogP contribution in [0.2, 0.25) is 0 Å². The van der Waals surface area contributed by atoms with Crippen LogP contribution in [0, 0.1) is 0 Å². The highest BCUT2D eigenvalue weighted by molar-refractivity contribution is 5.75. The summed E-state index contributed by atoms with van der Waals surface area (Å²) in [7, 11) is 3.81. The first kappa shape index (κ1) is 22.3. The van der Waals surface area contributed by atoms with Crippen molar-refractivity contribution in [3.05, 3.63) is 0 Å². The Morgan fingerprint density at radius 1 is 0.957 bits per heavy atom. The van der Waals surface area contributed by atoms with Gasteiger partial charge in [-0.25, -0.2) is 0 Å². The van der Waals surface area contributed by atoms with Crippen LogP contribution in [0.5, 0.6) is 0 Å². The van der Waals surface area contributed by atoms with E-state index in [4.69, 9.17) is 9.47 Å². The van der Waals surface area contributed by atoms with Crippen LogP contribution in [0.1, 0.15) is 33.1 Å². The number of ether oxygens (including phenoxy) is 2. The molecule has 1 rings (SSSR count). The Hall–Kier alpha value is -0.690. The first-order chi connectivity index (χ1) is 11.2. The molecule has 0 atom stereocenters. The summed E-state index contributed by atoms with van der Waals surface area (Å²) in [6, 6.07) is 0. The van der Waals surface area contributed by atoms with Crippen LogP contribution in [0.15, 0.2) is 0 Å². The second-order valence-corrected chi connectivity index (χ2v) is 5.50. The van der Waals surface area contributed by atoms with E-state index in [1.807, 2.05) is 13.8 Å². The molecule has 23 heavy (non-hydrogen) atoms. The standard InChI is InChI=1S/C15H31N3O3.C2H6/c1-16-15(19)5-13-20-11-3-4-12-21-14-10-18-8-6-17(2)7-9-18;1-2/h3-14H2,1-2H3,(H,16,19);1-2H3. The highest BCUT2D eigenvalue weighted by atomic mass is 16.5. The van der Waals surface area contributed by atoms with Crippen LogP contribution in [0.25, 0.3) is 0 Å². The normalized spacial score (nSPS) is 15.8. The molecule has 1 N–H and O–H groups in total. The lowest BCUT2D eigenvalue weighted by molar-refractivity contribution is -0.121. The van der Waals surface area contributed by atoms with E-state index in [0.29, 0.717) is 19.6 Å². The summed E-state index contributed by atoms with van der Waals surface area (Å²) in [5.74, 6) is 0.0299. The molecule has 0 bridgehead atoms. The number of hydrogen-bond donors (Lipinski definition) is 1. The predicted octanol–water partition coefficient (Wildman–Crippen LogP) is 1.21. The molecule has 0 aromatic rings. The van der Waals surface area contributed by atoms with Crippen molar-refractivity contribution < 1.29 is 14.3 Å². The fourth-order valence-corrected chi connectivity index (χ4v) is 2.17. The molecular weight excluding hydrogens is 294 g/mol. The Bertz CT molecular complexity index is 270. The van der Waals surface area contributed by atoms with Gasteiger partial charge in [0.05, 0.1) is 13.2 Å². The topological polar surface area (TPSA) is 54.0 Å². The van der Waals surface area contributed by atoms with Crippen LogP contribution in [0.3, 0.4) is 0 Å². The van der Waals surface area contributed by atoms with Crippen molar-refractivity contribution in [1.82, 2.24) is 15.1 Å². The maximum Gasteiger partial charge on any atom is 0.222 e. The molecule has 6 nitrogen and oxygen atoms in total. The smallest absolute Gasteiger partial charge is 0.222 e. The van der Waals surface area contributed by atoms with Crippen LogP contribution in [0.4, 0.5) is 0 Å². The van der Waals surface area contributed by atoms with Crippen molar-refractivity contribution in [1.29, 1.82) is 0 Å². The maximum atomic E-state index is 10.9. The van der Waals surface area contributed by atoms with Gasteiger partial charge in [-0.15, -0.1) is 0 Å². The number of carbonyl (C=O) groups is 1. The number of nitrogens with zero attached hydrogens (tertiary/aromatic N) is 2. The number of unbranched alkanes of at least 4 members (excludes halogenated alkanes) is 1. The summed E-state index contributed by atoms with van der Waals surface area (Å²) in [5, 5.41) is 2.57. The predicted molar refractivity (Wildman–Crippen MR) is 94.8 cm³/mol. The Balaban J connectivity index is 0.00000232. The minimum absolute atomic E-state index is 0.0299. The lowest BCUT2D eigenvalue weighted by Crippen LogP contribution is -2.45. The molecule has 1 saturated heterocycles. The van der Waals surface area contributed by atoms with Gasteiger partial charge < -0.3 is 19.7 Å². The number of likely N-dealkylation sites (N-methyl/N-ethyl adjacent to an activating group) is 1. The third-order valence-electron chi connectivity index (χ3n) is 3.73. The van der Waals surface area contributed by atoms with Crippen molar-refractivity contribution in [3.63, 3.8) is 0 Å². The zero-order valence-electron chi connectivity index (χ0n) is 15.6. The molecule has 6 heteroatoms. The molecule has 0 aliphatic carbocycles. The van der Waals surface area contributed by atoms with Crippen LogP contribution in [-0.4, -0.2) is 89.0 Å². The Kier molecular flexibility index (Phi) is 15.7. The summed E-state index contributed by atoms with van der Waals surface area (Å²) < 4.78 is 11.0. The van der Waals surface area contributed by atoms with E-state index in [2.05, 4.69) is 22.2 Å². The first-order valence-electron chi connectivity index (χ1n) is 8.99. The van der Waals surface area contributed by atoms with Gasteiger partial charge in [0.2, 0.25) is 5.91 Å². The van der Waals surface area contributed by atoms with Crippen molar-refractivity contribution >= 4 is 5.91 Å². The lowest BCUT2D eigenvalue weighted by atomic mass is 10.3. The molecule has 1 aliphatic rings. The van der Waals surface area contributed by atoms with Gasteiger partial charge in [0.1, 0.15) is 0 Å². The van der Waals surface area contributed by atoms with Gasteiger partial charge in [-0.05, 0) is 19.9 Å². The second-order valence-electron chi connectivity index (χ2n) is 5.50. The minimum Gasteiger partial charge on any atom is -0.381 e. The van der Waals surface area contributed by atoms with E-state index in [1.165, 1.54) is 0 Å². The zero-order valence-corrected chi connectivity index (χ0v) is 15.6. The molecule has 0 spiro atoms. The SMILES string of the molecule is CC.CNC(=O)CCOCCCCOCCN1CCN(C)CC1. The molecule has 0 aromatic heterocycles. The summed E-state index contributed by atoms with van der Waals surface area (Å²) >= 11 is 0. The molecule has 1 fully saturated rings. The first-order valence-corrected chi connectivity index (χ1v) is 8.99. The van der Waals surface area contributed by atoms with Gasteiger partial charge in [-0.2, -0.15) is 0 Å². The van der Waals surface area contributed by atoms with E-state index >= 15 is 0 Å². The molecular formula is C17H37N3O3. The Labute approximate surface area is 142 Å². The Morgan fingerprint density at radius 2 is 1.52 bits per heavy atom. The molecule has 138 valence electrons. The highest BCUT2D eigenvalue weighted by Gasteiger charge is 2.12. The monoisotopic (exact) mass is 331 g/mol. The van der Waals surface area contributed by atoms with Crippen LogP contribution < -0.4 is 5.32 Å². The van der Waals surface area contributed by atoms with Crippen LogP contribution in [-0.2, 0) is 14.3 Å². The fourth-order valence-electron chi connectivity index (χ4n) is 2.17. The lowest BCUT2D eigenvalue weighted by Gasteiger charge is -2.32. The van der Waals surface area contributed by atoms with E-state index in [0.717, 1.165) is 58.8 Å². The number of carbonyl (C=O) groups excluding carboxylic acids is 1. The summed E-state index contributed by atoms with van der Waals surface area (Å²) in [4.78, 5) is 15.8. The fraction of sp³-hybridized carbons (Fsp3) is 0.941. The average molecular weight is 332 g/mol. The number of amides is 1. The van der Waals surface area contributed by atoms with Gasteiger partial charge in [0.15, 0.2) is 0 Å². The van der Waals surface area contributed by atoms with E-state index in [1.54, 1.807) is 7.05 Å². The molecule has 0 aromatic carbocycles. The number of nitrogens with one attached hydrogen (secondary N) is 1. The largest absolute Gasteiger partial charge is 0.381 e. The third kappa shape index (κ3) is 13.4. The average Bonchev–Trinajstić information content (AvgIpc) is 2.59. The summed E-state index contributed by atoms with van der Waals surface area (Å²) in [5.41, 5.74) is 0.